The van der Waals surface area contributed by atoms with Crippen molar-refractivity contribution in [3.05, 3.63) is 47.5 Å². The summed E-state index contributed by atoms with van der Waals surface area (Å²) in [6.45, 7) is 2.10. The minimum atomic E-state index is -0.860. The molecule has 1 heterocycles. The predicted molar refractivity (Wildman–Crippen MR) is 72.3 cm³/mol. The number of benzene rings is 1. The third-order valence-corrected chi connectivity index (χ3v) is 2.71. The van der Waals surface area contributed by atoms with Crippen molar-refractivity contribution in [1.29, 1.82) is 0 Å². The molecule has 0 aliphatic heterocycles. The highest BCUT2D eigenvalue weighted by molar-refractivity contribution is 5.58. The standard InChI is InChI=1S/C14H15F2N3/c1-2-3-9-4-6-10(7-5-9)18-14-12(16)8-11(15)13(17)19-14/h4-8H,2-3H2,1H3,(H3,17,18,19). The van der Waals surface area contributed by atoms with Gasteiger partial charge in [0.2, 0.25) is 0 Å². The van der Waals surface area contributed by atoms with Crippen LogP contribution in [0, 0.1) is 11.6 Å². The Morgan fingerprint density at radius 2 is 1.84 bits per heavy atom. The molecule has 0 saturated heterocycles. The number of aromatic nitrogens is 1. The Labute approximate surface area is 110 Å². The van der Waals surface area contributed by atoms with Crippen molar-refractivity contribution in [3.63, 3.8) is 0 Å². The molecule has 2 rings (SSSR count). The number of hydrogen-bond donors (Lipinski definition) is 2. The lowest BCUT2D eigenvalue weighted by molar-refractivity contribution is 0.581. The number of rotatable bonds is 4. The molecule has 19 heavy (non-hydrogen) atoms. The van der Waals surface area contributed by atoms with Gasteiger partial charge in [-0.25, -0.2) is 13.8 Å². The maximum absolute atomic E-state index is 13.5. The molecule has 0 aliphatic carbocycles. The maximum Gasteiger partial charge on any atom is 0.169 e. The molecule has 0 unspecified atom stereocenters. The van der Waals surface area contributed by atoms with E-state index in [-0.39, 0.29) is 11.6 Å². The molecule has 0 saturated carbocycles. The summed E-state index contributed by atoms with van der Waals surface area (Å²) >= 11 is 0. The van der Waals surface area contributed by atoms with Crippen LogP contribution >= 0.6 is 0 Å². The van der Waals surface area contributed by atoms with E-state index in [0.29, 0.717) is 5.69 Å². The Kier molecular flexibility index (Phi) is 3.94. The van der Waals surface area contributed by atoms with Crippen LogP contribution in [0.25, 0.3) is 0 Å². The van der Waals surface area contributed by atoms with Crippen molar-refractivity contribution >= 4 is 17.3 Å². The van der Waals surface area contributed by atoms with Gasteiger partial charge in [-0.05, 0) is 24.1 Å². The number of hydrogen-bond acceptors (Lipinski definition) is 3. The van der Waals surface area contributed by atoms with Gasteiger partial charge < -0.3 is 11.1 Å². The van der Waals surface area contributed by atoms with Gasteiger partial charge in [-0.3, -0.25) is 0 Å². The Morgan fingerprint density at radius 3 is 2.47 bits per heavy atom. The number of nitrogen functional groups attached to an aromatic ring is 1. The predicted octanol–water partition coefficient (Wildman–Crippen LogP) is 3.64. The molecular formula is C14H15F2N3. The molecule has 0 fully saturated rings. The van der Waals surface area contributed by atoms with E-state index in [1.165, 1.54) is 5.56 Å². The Balaban J connectivity index is 2.19. The quantitative estimate of drug-likeness (QED) is 0.885. The average Bonchev–Trinajstić information content (AvgIpc) is 2.38. The Hall–Kier alpha value is -2.17. The number of aryl methyl sites for hydroxylation is 1. The van der Waals surface area contributed by atoms with Crippen LogP contribution in [0.4, 0.5) is 26.1 Å². The van der Waals surface area contributed by atoms with Gasteiger partial charge in [-0.1, -0.05) is 25.5 Å². The van der Waals surface area contributed by atoms with E-state index in [1.807, 2.05) is 24.3 Å². The molecule has 0 atom stereocenters. The minimum absolute atomic E-state index is 0.0814. The fourth-order valence-electron chi connectivity index (χ4n) is 1.75. The van der Waals surface area contributed by atoms with Crippen molar-refractivity contribution in [2.45, 2.75) is 19.8 Å². The highest BCUT2D eigenvalue weighted by Crippen LogP contribution is 2.21. The summed E-state index contributed by atoms with van der Waals surface area (Å²) in [5.74, 6) is -2.04. The van der Waals surface area contributed by atoms with Gasteiger partial charge in [0.1, 0.15) is 0 Å². The average molecular weight is 263 g/mol. The van der Waals surface area contributed by atoms with E-state index < -0.39 is 11.6 Å². The van der Waals surface area contributed by atoms with Gasteiger partial charge >= 0.3 is 0 Å². The third-order valence-electron chi connectivity index (χ3n) is 2.71. The lowest BCUT2D eigenvalue weighted by atomic mass is 10.1. The lowest BCUT2D eigenvalue weighted by Gasteiger charge is -2.08. The molecule has 1 aromatic carbocycles. The first-order valence-corrected chi connectivity index (χ1v) is 6.07. The van der Waals surface area contributed by atoms with E-state index >= 15 is 0 Å². The summed E-state index contributed by atoms with van der Waals surface area (Å²) in [6, 6.07) is 8.28. The number of pyridine rings is 1. The highest BCUT2D eigenvalue weighted by Gasteiger charge is 2.09. The first-order valence-electron chi connectivity index (χ1n) is 6.07. The Morgan fingerprint density at radius 1 is 1.16 bits per heavy atom. The summed E-state index contributed by atoms with van der Waals surface area (Å²) in [7, 11) is 0. The van der Waals surface area contributed by atoms with Crippen molar-refractivity contribution in [1.82, 2.24) is 4.98 Å². The van der Waals surface area contributed by atoms with Crippen LogP contribution in [0.3, 0.4) is 0 Å². The molecule has 3 N–H and O–H groups in total. The molecule has 0 spiro atoms. The van der Waals surface area contributed by atoms with E-state index in [4.69, 9.17) is 5.73 Å². The Bertz CT molecular complexity index is 568. The molecule has 1 aromatic heterocycles. The fourth-order valence-corrected chi connectivity index (χ4v) is 1.75. The van der Waals surface area contributed by atoms with Crippen molar-refractivity contribution in [2.24, 2.45) is 0 Å². The highest BCUT2D eigenvalue weighted by atomic mass is 19.1. The van der Waals surface area contributed by atoms with Gasteiger partial charge in [-0.15, -0.1) is 0 Å². The lowest BCUT2D eigenvalue weighted by Crippen LogP contribution is -2.03. The summed E-state index contributed by atoms with van der Waals surface area (Å²) in [5.41, 5.74) is 7.20. The molecule has 0 radical (unpaired) electrons. The molecule has 100 valence electrons. The van der Waals surface area contributed by atoms with Crippen LogP contribution in [-0.2, 0) is 6.42 Å². The number of halogens is 2. The topological polar surface area (TPSA) is 50.9 Å². The third kappa shape index (κ3) is 3.19. The monoisotopic (exact) mass is 263 g/mol. The molecule has 0 bridgehead atoms. The first-order chi connectivity index (χ1) is 9.10. The molecule has 3 nitrogen and oxygen atoms in total. The second-order valence-electron chi connectivity index (χ2n) is 4.26. The zero-order valence-electron chi connectivity index (χ0n) is 10.6. The summed E-state index contributed by atoms with van der Waals surface area (Å²) in [6.07, 6.45) is 2.06. The zero-order valence-corrected chi connectivity index (χ0v) is 10.6. The SMILES string of the molecule is CCCc1ccc(Nc2nc(N)c(F)cc2F)cc1. The van der Waals surface area contributed by atoms with Crippen LogP contribution in [0.5, 0.6) is 0 Å². The van der Waals surface area contributed by atoms with Gasteiger partial charge in [0, 0.05) is 11.8 Å². The van der Waals surface area contributed by atoms with E-state index in [2.05, 4.69) is 17.2 Å². The zero-order chi connectivity index (χ0) is 13.8. The largest absolute Gasteiger partial charge is 0.381 e. The summed E-state index contributed by atoms with van der Waals surface area (Å²) in [5, 5.41) is 2.78. The van der Waals surface area contributed by atoms with Crippen LogP contribution in [-0.4, -0.2) is 4.98 Å². The van der Waals surface area contributed by atoms with E-state index in [9.17, 15) is 8.78 Å². The van der Waals surface area contributed by atoms with Crippen molar-refractivity contribution in [2.75, 3.05) is 11.1 Å². The molecule has 2 aromatic rings. The van der Waals surface area contributed by atoms with Crippen LogP contribution in [0.2, 0.25) is 0 Å². The van der Waals surface area contributed by atoms with Gasteiger partial charge in [0.05, 0.1) is 0 Å². The molecule has 0 aliphatic rings. The number of nitrogens with zero attached hydrogens (tertiary/aromatic N) is 1. The van der Waals surface area contributed by atoms with Crippen molar-refractivity contribution < 1.29 is 8.78 Å². The van der Waals surface area contributed by atoms with E-state index in [0.717, 1.165) is 18.9 Å². The minimum Gasteiger partial charge on any atom is -0.381 e. The second-order valence-corrected chi connectivity index (χ2v) is 4.26. The molecular weight excluding hydrogens is 248 g/mol. The van der Waals surface area contributed by atoms with Crippen molar-refractivity contribution in [3.8, 4) is 0 Å². The summed E-state index contributed by atoms with van der Waals surface area (Å²) < 4.78 is 26.5. The normalized spacial score (nSPS) is 10.5. The molecule has 5 heteroatoms. The first kappa shape index (κ1) is 13.3. The summed E-state index contributed by atoms with van der Waals surface area (Å²) in [4.78, 5) is 3.64. The smallest absolute Gasteiger partial charge is 0.169 e. The maximum atomic E-state index is 13.5. The second kappa shape index (κ2) is 5.65. The van der Waals surface area contributed by atoms with Crippen LogP contribution < -0.4 is 11.1 Å². The van der Waals surface area contributed by atoms with Gasteiger partial charge in [-0.2, -0.15) is 0 Å². The number of nitrogens with one attached hydrogen (secondary N) is 1. The van der Waals surface area contributed by atoms with Crippen LogP contribution in [0.15, 0.2) is 30.3 Å². The van der Waals surface area contributed by atoms with Crippen LogP contribution in [0.1, 0.15) is 18.9 Å². The van der Waals surface area contributed by atoms with E-state index in [1.54, 1.807) is 0 Å². The number of nitrogens with two attached hydrogens (primary N) is 1. The molecule has 0 amide bonds. The van der Waals surface area contributed by atoms with Gasteiger partial charge in [0.15, 0.2) is 23.3 Å². The van der Waals surface area contributed by atoms with Gasteiger partial charge in [0.25, 0.3) is 0 Å². The fraction of sp³-hybridized carbons (Fsp3) is 0.214. The number of anilines is 3.